The van der Waals surface area contributed by atoms with Crippen molar-refractivity contribution in [1.29, 1.82) is 0 Å². The van der Waals surface area contributed by atoms with Gasteiger partial charge in [0.15, 0.2) is 17.3 Å². The fraction of sp³-hybridized carbons (Fsp3) is 0.550. The molecule has 0 spiro atoms. The highest BCUT2D eigenvalue weighted by Crippen LogP contribution is 2.42. The van der Waals surface area contributed by atoms with Crippen LogP contribution in [0.1, 0.15) is 52.0 Å². The van der Waals surface area contributed by atoms with Crippen molar-refractivity contribution in [2.24, 2.45) is 11.8 Å². The number of hydrogen-bond donors (Lipinski definition) is 2. The van der Waals surface area contributed by atoms with Gasteiger partial charge >= 0.3 is 0 Å². The van der Waals surface area contributed by atoms with E-state index in [0.29, 0.717) is 17.0 Å². The van der Waals surface area contributed by atoms with Crippen LogP contribution in [0.2, 0.25) is 0 Å². The second kappa shape index (κ2) is 5.32. The van der Waals surface area contributed by atoms with Crippen molar-refractivity contribution >= 4 is 17.3 Å². The van der Waals surface area contributed by atoms with E-state index in [0.717, 1.165) is 31.2 Å². The van der Waals surface area contributed by atoms with E-state index >= 15 is 0 Å². The molecule has 6 atom stereocenters. The van der Waals surface area contributed by atoms with Crippen molar-refractivity contribution in [2.75, 3.05) is 0 Å². The maximum Gasteiger partial charge on any atom is 0.182 e. The number of carbonyl (C=O) groups is 3. The van der Waals surface area contributed by atoms with E-state index in [2.05, 4.69) is 10.6 Å². The fourth-order valence-electron chi connectivity index (χ4n) is 5.46. The van der Waals surface area contributed by atoms with Gasteiger partial charge in [0, 0.05) is 23.1 Å². The summed E-state index contributed by atoms with van der Waals surface area (Å²) in [5.74, 6) is 0.505. The van der Waals surface area contributed by atoms with E-state index in [1.165, 1.54) is 0 Å². The minimum atomic E-state index is -0.632. The molecule has 3 aliphatic carbocycles. The largest absolute Gasteiger partial charge is 0.300 e. The molecular formula is C20H22N2O3. The van der Waals surface area contributed by atoms with Crippen molar-refractivity contribution in [3.05, 3.63) is 34.9 Å². The Kier molecular flexibility index (Phi) is 3.28. The van der Waals surface area contributed by atoms with Crippen LogP contribution in [-0.4, -0.2) is 41.5 Å². The molecule has 2 N–H and O–H groups in total. The summed E-state index contributed by atoms with van der Waals surface area (Å²) in [7, 11) is 0. The molecular weight excluding hydrogens is 316 g/mol. The van der Waals surface area contributed by atoms with Gasteiger partial charge in [-0.2, -0.15) is 0 Å². The fourth-order valence-corrected chi connectivity index (χ4v) is 5.46. The van der Waals surface area contributed by atoms with Gasteiger partial charge in [-0.25, -0.2) is 0 Å². The Bertz CT molecular complexity index is 802. The van der Waals surface area contributed by atoms with Gasteiger partial charge in [-0.15, -0.1) is 0 Å². The average molecular weight is 338 g/mol. The van der Waals surface area contributed by atoms with Crippen LogP contribution in [0.3, 0.4) is 0 Å². The maximum atomic E-state index is 13.0. The van der Waals surface area contributed by atoms with Crippen molar-refractivity contribution in [3.63, 3.8) is 0 Å². The van der Waals surface area contributed by atoms with E-state index in [-0.39, 0.29) is 35.4 Å². The number of aryl methyl sites for hydroxylation is 1. The number of nitrogens with one attached hydrogen (secondary N) is 2. The smallest absolute Gasteiger partial charge is 0.182 e. The van der Waals surface area contributed by atoms with Crippen LogP contribution in [0.5, 0.6) is 0 Å². The first-order chi connectivity index (χ1) is 12.1. The van der Waals surface area contributed by atoms with Gasteiger partial charge in [0.25, 0.3) is 0 Å². The van der Waals surface area contributed by atoms with Gasteiger partial charge in [0.1, 0.15) is 0 Å². The molecule has 4 aliphatic rings. The normalized spacial score (nSPS) is 39.5. The van der Waals surface area contributed by atoms with Gasteiger partial charge in [-0.3, -0.25) is 19.7 Å². The van der Waals surface area contributed by atoms with Crippen LogP contribution in [0, 0.1) is 18.8 Å². The number of carbonyl (C=O) groups excluding carboxylic acids is 3. The summed E-state index contributed by atoms with van der Waals surface area (Å²) in [6.45, 7) is 1.91. The molecule has 1 heterocycles. The summed E-state index contributed by atoms with van der Waals surface area (Å²) < 4.78 is 0. The molecule has 5 rings (SSSR count). The number of hydrogen-bond acceptors (Lipinski definition) is 5. The molecule has 25 heavy (non-hydrogen) atoms. The molecule has 1 aliphatic heterocycles. The zero-order valence-electron chi connectivity index (χ0n) is 14.2. The molecule has 0 aromatic heterocycles. The number of Topliss-reactive ketones (excluding diaryl/α,β-unsaturated/α-hetero) is 3. The molecule has 1 saturated heterocycles. The van der Waals surface area contributed by atoms with Gasteiger partial charge in [0.05, 0.1) is 18.1 Å². The quantitative estimate of drug-likeness (QED) is 0.748. The molecule has 3 fully saturated rings. The lowest BCUT2D eigenvalue weighted by molar-refractivity contribution is -0.123. The van der Waals surface area contributed by atoms with Gasteiger partial charge < -0.3 is 5.32 Å². The summed E-state index contributed by atoms with van der Waals surface area (Å²) in [6, 6.07) is 3.87. The highest BCUT2D eigenvalue weighted by Gasteiger charge is 2.57. The highest BCUT2D eigenvalue weighted by atomic mass is 16.2. The van der Waals surface area contributed by atoms with Crippen molar-refractivity contribution < 1.29 is 14.4 Å². The Labute approximate surface area is 146 Å². The number of benzene rings is 1. The average Bonchev–Trinajstić information content (AvgIpc) is 2.91. The third-order valence-corrected chi connectivity index (χ3v) is 6.65. The Morgan fingerprint density at radius 3 is 2.44 bits per heavy atom. The van der Waals surface area contributed by atoms with E-state index < -0.39 is 12.1 Å². The van der Waals surface area contributed by atoms with Gasteiger partial charge in [0.2, 0.25) is 0 Å². The lowest BCUT2D eigenvalue weighted by Crippen LogP contribution is -2.72. The van der Waals surface area contributed by atoms with Gasteiger partial charge in [-0.05, 0) is 31.7 Å². The van der Waals surface area contributed by atoms with E-state index in [1.807, 2.05) is 13.0 Å². The summed E-state index contributed by atoms with van der Waals surface area (Å²) in [5, 5.41) is 6.71. The molecule has 5 heteroatoms. The number of piperazine rings is 1. The van der Waals surface area contributed by atoms with Crippen LogP contribution in [0.4, 0.5) is 0 Å². The van der Waals surface area contributed by atoms with Crippen molar-refractivity contribution in [1.82, 2.24) is 10.6 Å². The third kappa shape index (κ3) is 2.06. The molecule has 6 unspecified atom stereocenters. The van der Waals surface area contributed by atoms with Crippen molar-refractivity contribution in [3.8, 4) is 0 Å². The lowest BCUT2D eigenvalue weighted by Gasteiger charge is -2.43. The second-order valence-electron chi connectivity index (χ2n) is 8.03. The summed E-state index contributed by atoms with van der Waals surface area (Å²) in [6.07, 6.45) is 4.21. The van der Waals surface area contributed by atoms with Gasteiger partial charge in [-0.1, -0.05) is 30.5 Å². The summed E-state index contributed by atoms with van der Waals surface area (Å²) in [5.41, 5.74) is 1.96. The van der Waals surface area contributed by atoms with Crippen LogP contribution in [-0.2, 0) is 4.79 Å². The number of ketones is 3. The molecule has 0 bridgehead atoms. The van der Waals surface area contributed by atoms with Crippen LogP contribution >= 0.6 is 0 Å². The first-order valence-corrected chi connectivity index (χ1v) is 9.31. The first-order valence-electron chi connectivity index (χ1n) is 9.31. The third-order valence-electron chi connectivity index (χ3n) is 6.65. The summed E-state index contributed by atoms with van der Waals surface area (Å²) >= 11 is 0. The zero-order chi connectivity index (χ0) is 17.3. The standard InChI is InChI=1S/C20H22N2O3/c1-9-6-7-12-13(8-9)20(25)17-16(19(12)24)21-14-10-4-2-3-5-11(10)18(23)15(14)22-17/h6-8,10-11,14-17,21-22H,2-5H2,1H3. The zero-order valence-corrected chi connectivity index (χ0v) is 14.2. The second-order valence-corrected chi connectivity index (χ2v) is 8.03. The molecule has 5 nitrogen and oxygen atoms in total. The first kappa shape index (κ1) is 15.4. The predicted molar refractivity (Wildman–Crippen MR) is 91.7 cm³/mol. The van der Waals surface area contributed by atoms with E-state index in [9.17, 15) is 14.4 Å². The summed E-state index contributed by atoms with van der Waals surface area (Å²) in [4.78, 5) is 38.8. The van der Waals surface area contributed by atoms with Crippen LogP contribution in [0.25, 0.3) is 0 Å². The van der Waals surface area contributed by atoms with Crippen LogP contribution in [0.15, 0.2) is 18.2 Å². The molecule has 1 aromatic carbocycles. The Balaban J connectivity index is 1.54. The maximum absolute atomic E-state index is 13.0. The minimum Gasteiger partial charge on any atom is -0.300 e. The van der Waals surface area contributed by atoms with Crippen LogP contribution < -0.4 is 10.6 Å². The Morgan fingerprint density at radius 2 is 1.60 bits per heavy atom. The molecule has 130 valence electrons. The molecule has 0 amide bonds. The highest BCUT2D eigenvalue weighted by molar-refractivity contribution is 6.19. The molecule has 1 aromatic rings. The minimum absolute atomic E-state index is 0.0252. The monoisotopic (exact) mass is 338 g/mol. The van der Waals surface area contributed by atoms with E-state index in [1.54, 1.807) is 12.1 Å². The topological polar surface area (TPSA) is 75.3 Å². The molecule has 0 radical (unpaired) electrons. The van der Waals surface area contributed by atoms with Crippen molar-refractivity contribution in [2.45, 2.75) is 56.8 Å². The molecule has 2 saturated carbocycles. The number of rotatable bonds is 0. The lowest BCUT2D eigenvalue weighted by atomic mass is 9.77. The Hall–Kier alpha value is -1.85. The predicted octanol–water partition coefficient (Wildman–Crippen LogP) is 1.43. The SMILES string of the molecule is Cc1ccc2c(c1)C(=O)C1NC3C(=O)C4CCCCC4C3NC1C2=O. The number of fused-ring (bicyclic) bond motifs is 5. The Morgan fingerprint density at radius 1 is 0.880 bits per heavy atom. The van der Waals surface area contributed by atoms with E-state index in [4.69, 9.17) is 0 Å².